The van der Waals surface area contributed by atoms with Crippen molar-refractivity contribution in [2.45, 2.75) is 70.0 Å². The molecule has 0 heterocycles. The zero-order chi connectivity index (χ0) is 21.6. The van der Waals surface area contributed by atoms with Gasteiger partial charge in [-0.2, -0.15) is 8.42 Å². The van der Waals surface area contributed by atoms with Crippen LogP contribution in [-0.4, -0.2) is 89.3 Å². The Morgan fingerprint density at radius 1 is 1.00 bits per heavy atom. The van der Waals surface area contributed by atoms with Gasteiger partial charge < -0.3 is 10.2 Å². The monoisotopic (exact) mass is 440 g/mol. The van der Waals surface area contributed by atoms with Crippen molar-refractivity contribution < 1.29 is 32.8 Å². The standard InChI is InChI=1S/C15H23.C4H6O7S.K/c1-2-3-4-5-6-7-9-12-15-13-10-8-11-14-15;5-3(6)1-2(4(7)8)12(9,10)11;/h8,10-11,13H,2-7,9,12H2,1H3;2H,1H2,(H,5,6)(H,7,8)(H,9,10,11);. The summed E-state index contributed by atoms with van der Waals surface area (Å²) in [6, 6.07) is 8.98. The van der Waals surface area contributed by atoms with Crippen molar-refractivity contribution in [3.05, 3.63) is 29.8 Å². The van der Waals surface area contributed by atoms with Crippen LogP contribution in [0.25, 0.3) is 0 Å². The van der Waals surface area contributed by atoms with Crippen LogP contribution < -0.4 is -0.342 Å². The van der Waals surface area contributed by atoms with E-state index in [1.165, 1.54) is 51.4 Å². The largest absolute Gasteiger partial charge is 0.481 e. The smallest absolute Gasteiger partial charge is 0.325 e. The second kappa shape index (κ2) is 15.5. The number of hydrogen-bond donors (Lipinski definition) is 3. The molecule has 0 radical (unpaired) electrons. The van der Waals surface area contributed by atoms with Crippen LogP contribution in [0, 0.1) is 0 Å². The van der Waals surface area contributed by atoms with Crippen LogP contribution in [0.15, 0.2) is 24.3 Å². The SMILES string of the molecule is CCCCCCCCCc1cccc[c]1[K].O=C(O)CC(C(=O)O)S(=O)(=O)O. The van der Waals surface area contributed by atoms with Crippen LogP contribution >= 0.6 is 0 Å². The van der Waals surface area contributed by atoms with Crippen molar-refractivity contribution in [1.29, 1.82) is 0 Å². The zero-order valence-electron chi connectivity index (χ0n) is 16.6. The maximum atomic E-state index is 10.2. The topological polar surface area (TPSA) is 129 Å². The molecule has 0 aliphatic carbocycles. The Morgan fingerprint density at radius 2 is 1.54 bits per heavy atom. The van der Waals surface area contributed by atoms with Gasteiger partial charge in [0.05, 0.1) is 6.42 Å². The summed E-state index contributed by atoms with van der Waals surface area (Å²) in [6.45, 7) is 2.28. The maximum Gasteiger partial charge on any atom is 0.325 e. The molecular formula is C19H29KO7S. The molecule has 1 aromatic rings. The van der Waals surface area contributed by atoms with Crippen LogP contribution in [0.5, 0.6) is 0 Å². The molecule has 0 aliphatic rings. The molecule has 9 heteroatoms. The molecule has 0 saturated carbocycles. The van der Waals surface area contributed by atoms with Gasteiger partial charge in [0, 0.05) is 0 Å². The minimum atomic E-state index is -4.84. The van der Waals surface area contributed by atoms with Gasteiger partial charge in [-0.3, -0.25) is 14.1 Å². The van der Waals surface area contributed by atoms with E-state index in [1.54, 1.807) is 5.22 Å². The van der Waals surface area contributed by atoms with E-state index in [2.05, 4.69) is 31.2 Å². The molecule has 28 heavy (non-hydrogen) atoms. The number of carboxylic acid groups (broad SMARTS) is 2. The van der Waals surface area contributed by atoms with E-state index in [0.29, 0.717) is 0 Å². The molecule has 0 fully saturated rings. The number of benzene rings is 1. The number of hydrogen-bond acceptors (Lipinski definition) is 4. The van der Waals surface area contributed by atoms with Crippen molar-refractivity contribution in [2.24, 2.45) is 0 Å². The van der Waals surface area contributed by atoms with Crippen LogP contribution in [0.3, 0.4) is 0 Å². The summed E-state index contributed by atoms with van der Waals surface area (Å²) in [6.07, 6.45) is 10.1. The van der Waals surface area contributed by atoms with Gasteiger partial charge >= 0.3 is 149 Å². The molecule has 0 bridgehead atoms. The molecule has 0 aliphatic heterocycles. The first kappa shape index (κ1) is 27.7. The number of rotatable bonds is 12. The molecular weight excluding hydrogens is 411 g/mol. The summed E-state index contributed by atoms with van der Waals surface area (Å²) in [4.78, 5) is 20.0. The van der Waals surface area contributed by atoms with Crippen molar-refractivity contribution in [3.8, 4) is 0 Å². The third kappa shape index (κ3) is 13.8. The normalized spacial score (nSPS) is 12.0. The predicted molar refractivity (Wildman–Crippen MR) is 109 cm³/mol. The van der Waals surface area contributed by atoms with Crippen LogP contribution in [-0.2, 0) is 26.1 Å². The van der Waals surface area contributed by atoms with E-state index in [1.807, 2.05) is 0 Å². The van der Waals surface area contributed by atoms with Gasteiger partial charge in [-0.1, -0.05) is 0 Å². The summed E-state index contributed by atoms with van der Waals surface area (Å²) >= 11 is 0.838. The van der Waals surface area contributed by atoms with Gasteiger partial charge in [0.15, 0.2) is 5.25 Å². The van der Waals surface area contributed by atoms with Crippen molar-refractivity contribution in [3.63, 3.8) is 0 Å². The van der Waals surface area contributed by atoms with E-state index >= 15 is 0 Å². The average molecular weight is 441 g/mol. The van der Waals surface area contributed by atoms with E-state index in [4.69, 9.17) is 14.8 Å². The second-order valence-corrected chi connectivity index (χ2v) is 10.0. The fourth-order valence-corrected chi connectivity index (χ4v) is 4.20. The number of carboxylic acids is 2. The Labute approximate surface area is 201 Å². The van der Waals surface area contributed by atoms with E-state index in [0.717, 1.165) is 49.0 Å². The summed E-state index contributed by atoms with van der Waals surface area (Å²) in [5, 5.41) is 13.9. The molecule has 7 nitrogen and oxygen atoms in total. The quantitative estimate of drug-likeness (QED) is 0.259. The number of aliphatic carboxylic acids is 2. The number of carbonyl (C=O) groups is 2. The molecule has 1 aromatic carbocycles. The summed E-state index contributed by atoms with van der Waals surface area (Å²) in [5.41, 5.74) is 1.62. The molecule has 0 saturated heterocycles. The first-order valence-electron chi connectivity index (χ1n) is 9.55. The van der Waals surface area contributed by atoms with E-state index in [9.17, 15) is 18.0 Å². The Bertz CT molecular complexity index is 704. The van der Waals surface area contributed by atoms with Crippen molar-refractivity contribution in [1.82, 2.24) is 0 Å². The summed E-state index contributed by atoms with van der Waals surface area (Å²) in [5.74, 6) is -3.50. The van der Waals surface area contributed by atoms with Gasteiger partial charge in [-0.25, -0.2) is 0 Å². The fraction of sp³-hybridized carbons (Fsp3) is 0.579. The fourth-order valence-electron chi connectivity index (χ4n) is 2.64. The first-order valence-corrected chi connectivity index (χ1v) is 12.6. The number of unbranched alkanes of at least 4 members (excludes halogenated alkanes) is 6. The maximum absolute atomic E-state index is 10.2. The minimum Gasteiger partial charge on any atom is -0.481 e. The van der Waals surface area contributed by atoms with Crippen molar-refractivity contribution in [2.75, 3.05) is 0 Å². The van der Waals surface area contributed by atoms with Gasteiger partial charge in [0.25, 0.3) is 10.1 Å². The second-order valence-electron chi connectivity index (χ2n) is 6.74. The molecule has 0 spiro atoms. The Morgan fingerprint density at radius 3 is 1.96 bits per heavy atom. The minimum absolute atomic E-state index is 0.838. The van der Waals surface area contributed by atoms with E-state index in [-0.39, 0.29) is 0 Å². The summed E-state index contributed by atoms with van der Waals surface area (Å²) in [7, 11) is -4.84. The average Bonchev–Trinajstić information content (AvgIpc) is 2.59. The van der Waals surface area contributed by atoms with Crippen LogP contribution in [0.4, 0.5) is 0 Å². The Hall–Kier alpha value is -0.294. The molecule has 0 amide bonds. The third-order valence-corrected chi connectivity index (χ3v) is 6.92. The molecule has 154 valence electrons. The van der Waals surface area contributed by atoms with Gasteiger partial charge in [0.1, 0.15) is 0 Å². The first-order chi connectivity index (χ1) is 13.1. The molecule has 0 aromatic heterocycles. The predicted octanol–water partition coefficient (Wildman–Crippen LogP) is 2.58. The van der Waals surface area contributed by atoms with Gasteiger partial charge in [-0.05, 0) is 0 Å². The molecule has 3 N–H and O–H groups in total. The van der Waals surface area contributed by atoms with Gasteiger partial charge in [-0.15, -0.1) is 0 Å². The van der Waals surface area contributed by atoms with Crippen LogP contribution in [0.2, 0.25) is 0 Å². The number of aryl methyl sites for hydroxylation is 1. The van der Waals surface area contributed by atoms with Gasteiger partial charge in [0.2, 0.25) is 0 Å². The van der Waals surface area contributed by atoms with E-state index < -0.39 is 33.7 Å². The Kier molecular flexibility index (Phi) is 15.4. The Balaban J connectivity index is 0.000000546. The van der Waals surface area contributed by atoms with Crippen LogP contribution in [0.1, 0.15) is 63.9 Å². The van der Waals surface area contributed by atoms with Crippen molar-refractivity contribution >= 4 is 70.7 Å². The molecule has 1 rings (SSSR count). The third-order valence-electron chi connectivity index (χ3n) is 4.31. The molecule has 1 unspecified atom stereocenters. The molecule has 1 atom stereocenters. The summed E-state index contributed by atoms with van der Waals surface area (Å²) < 4.78 is 30.3. The zero-order valence-corrected chi connectivity index (χ0v) is 20.6.